The van der Waals surface area contributed by atoms with Crippen molar-refractivity contribution in [2.75, 3.05) is 5.88 Å². The fourth-order valence-electron chi connectivity index (χ4n) is 0.381. The van der Waals surface area contributed by atoms with Crippen molar-refractivity contribution >= 4 is 23.5 Å². The predicted molar refractivity (Wildman–Crippen MR) is 36.3 cm³/mol. The first-order valence-electron chi connectivity index (χ1n) is 2.66. The molecule has 4 nitrogen and oxygen atoms in total. The minimum Gasteiger partial charge on any atom is -0.465 e. The lowest BCUT2D eigenvalue weighted by molar-refractivity contribution is -0.118. The van der Waals surface area contributed by atoms with E-state index >= 15 is 0 Å². The van der Waals surface area contributed by atoms with Gasteiger partial charge >= 0.3 is 6.09 Å². The number of halogens is 1. The Balaban J connectivity index is 3.72. The highest BCUT2D eigenvalue weighted by Gasteiger charge is 2.12. The van der Waals surface area contributed by atoms with Gasteiger partial charge in [-0.2, -0.15) is 0 Å². The van der Waals surface area contributed by atoms with Gasteiger partial charge in [0, 0.05) is 0 Å². The van der Waals surface area contributed by atoms with E-state index in [0.29, 0.717) is 0 Å². The van der Waals surface area contributed by atoms with E-state index in [-0.39, 0.29) is 11.7 Å². The lowest BCUT2D eigenvalue weighted by Gasteiger charge is -2.06. The van der Waals surface area contributed by atoms with Gasteiger partial charge in [0.1, 0.15) is 0 Å². The van der Waals surface area contributed by atoms with Crippen LogP contribution >= 0.6 is 11.6 Å². The van der Waals surface area contributed by atoms with Crippen LogP contribution in [0.25, 0.3) is 0 Å². The number of amides is 1. The van der Waals surface area contributed by atoms with Gasteiger partial charge in [0.05, 0.1) is 11.9 Å². The Morgan fingerprint density at radius 1 is 1.70 bits per heavy atom. The van der Waals surface area contributed by atoms with Crippen molar-refractivity contribution in [3.63, 3.8) is 0 Å². The second kappa shape index (κ2) is 4.11. The summed E-state index contributed by atoms with van der Waals surface area (Å²) < 4.78 is 0. The summed E-state index contributed by atoms with van der Waals surface area (Å²) in [5, 5.41) is 10.1. The second-order valence-electron chi connectivity index (χ2n) is 1.77. The van der Waals surface area contributed by atoms with Crippen molar-refractivity contribution in [3.05, 3.63) is 0 Å². The Kier molecular flexibility index (Phi) is 3.79. The Morgan fingerprint density at radius 3 is 2.50 bits per heavy atom. The molecule has 0 aromatic heterocycles. The highest BCUT2D eigenvalue weighted by molar-refractivity contribution is 6.28. The molecule has 0 aliphatic carbocycles. The Morgan fingerprint density at radius 2 is 2.20 bits per heavy atom. The van der Waals surface area contributed by atoms with Crippen molar-refractivity contribution in [3.8, 4) is 0 Å². The van der Waals surface area contributed by atoms with Gasteiger partial charge in [-0.3, -0.25) is 4.79 Å². The second-order valence-corrected chi connectivity index (χ2v) is 2.04. The molecular weight excluding hydrogens is 158 g/mol. The van der Waals surface area contributed by atoms with E-state index in [4.69, 9.17) is 16.7 Å². The topological polar surface area (TPSA) is 66.4 Å². The van der Waals surface area contributed by atoms with Gasteiger partial charge in [-0.25, -0.2) is 4.79 Å². The number of Topliss-reactive ketones (excluding diaryl/α,β-unsaturated/α-hetero) is 1. The first-order valence-corrected chi connectivity index (χ1v) is 3.19. The monoisotopic (exact) mass is 165 g/mol. The van der Waals surface area contributed by atoms with Crippen molar-refractivity contribution < 1.29 is 14.7 Å². The molecule has 0 saturated carbocycles. The van der Waals surface area contributed by atoms with Gasteiger partial charge in [0.2, 0.25) is 0 Å². The third-order valence-corrected chi connectivity index (χ3v) is 1.22. The summed E-state index contributed by atoms with van der Waals surface area (Å²) >= 11 is 5.15. The average Bonchev–Trinajstić information content (AvgIpc) is 1.85. The molecule has 0 spiro atoms. The van der Waals surface area contributed by atoms with E-state index < -0.39 is 12.1 Å². The molecule has 1 atom stereocenters. The van der Waals surface area contributed by atoms with E-state index in [9.17, 15) is 9.59 Å². The van der Waals surface area contributed by atoms with Crippen molar-refractivity contribution in [1.29, 1.82) is 0 Å². The zero-order chi connectivity index (χ0) is 8.15. The fraction of sp³-hybridized carbons (Fsp3) is 0.600. The molecule has 0 heterocycles. The first kappa shape index (κ1) is 9.23. The smallest absolute Gasteiger partial charge is 0.405 e. The number of carbonyl (C=O) groups is 2. The number of carbonyl (C=O) groups excluding carboxylic acids is 1. The van der Waals surface area contributed by atoms with Crippen LogP contribution in [0.5, 0.6) is 0 Å². The average molecular weight is 166 g/mol. The van der Waals surface area contributed by atoms with Gasteiger partial charge in [0.25, 0.3) is 0 Å². The summed E-state index contributed by atoms with van der Waals surface area (Å²) in [7, 11) is 0. The van der Waals surface area contributed by atoms with Crippen LogP contribution in [-0.4, -0.2) is 28.9 Å². The molecule has 0 radical (unpaired) electrons. The Hall–Kier alpha value is -0.770. The third-order valence-electron chi connectivity index (χ3n) is 0.955. The number of nitrogens with one attached hydrogen (secondary N) is 1. The van der Waals surface area contributed by atoms with Crippen molar-refractivity contribution in [2.24, 2.45) is 0 Å². The number of alkyl halides is 1. The fourth-order valence-corrected chi connectivity index (χ4v) is 0.613. The SMILES string of the molecule is C[C@H](NC(=O)O)C(=O)CCl. The first-order chi connectivity index (χ1) is 4.57. The molecule has 5 heteroatoms. The van der Waals surface area contributed by atoms with Crippen LogP contribution in [0.1, 0.15) is 6.92 Å². The van der Waals surface area contributed by atoms with E-state index in [0.717, 1.165) is 0 Å². The van der Waals surface area contributed by atoms with E-state index in [1.807, 2.05) is 5.32 Å². The summed E-state index contributed by atoms with van der Waals surface area (Å²) in [5.74, 6) is -0.495. The van der Waals surface area contributed by atoms with Gasteiger partial charge in [-0.05, 0) is 6.92 Å². The van der Waals surface area contributed by atoms with Crippen molar-refractivity contribution in [2.45, 2.75) is 13.0 Å². The number of carboxylic acid groups (broad SMARTS) is 1. The van der Waals surface area contributed by atoms with Crippen molar-refractivity contribution in [1.82, 2.24) is 5.32 Å². The zero-order valence-electron chi connectivity index (χ0n) is 5.43. The molecule has 0 aromatic rings. The van der Waals surface area contributed by atoms with Gasteiger partial charge < -0.3 is 10.4 Å². The molecule has 58 valence electrons. The van der Waals surface area contributed by atoms with Gasteiger partial charge in [-0.1, -0.05) is 0 Å². The molecule has 0 fully saturated rings. The summed E-state index contributed by atoms with van der Waals surface area (Å²) in [6.07, 6.45) is -1.22. The van der Waals surface area contributed by atoms with Crippen LogP contribution in [0.4, 0.5) is 4.79 Å². The molecule has 0 aliphatic rings. The zero-order valence-corrected chi connectivity index (χ0v) is 6.18. The van der Waals surface area contributed by atoms with Crippen LogP contribution < -0.4 is 5.32 Å². The van der Waals surface area contributed by atoms with Crippen LogP contribution in [-0.2, 0) is 4.79 Å². The molecule has 0 saturated heterocycles. The Bertz CT molecular complexity index is 148. The van der Waals surface area contributed by atoms with Crippen LogP contribution in [0, 0.1) is 0 Å². The maximum atomic E-state index is 10.6. The molecule has 0 aliphatic heterocycles. The summed E-state index contributed by atoms with van der Waals surface area (Å²) in [5.41, 5.74) is 0. The number of hydrogen-bond donors (Lipinski definition) is 2. The van der Waals surface area contributed by atoms with Gasteiger partial charge in [-0.15, -0.1) is 11.6 Å². The largest absolute Gasteiger partial charge is 0.465 e. The molecule has 2 N–H and O–H groups in total. The minimum absolute atomic E-state index is 0.165. The highest BCUT2D eigenvalue weighted by Crippen LogP contribution is 1.87. The summed E-state index contributed by atoms with van der Waals surface area (Å²) in [4.78, 5) is 20.5. The molecule has 0 unspecified atom stereocenters. The quantitative estimate of drug-likeness (QED) is 0.597. The molecule has 10 heavy (non-hydrogen) atoms. The van der Waals surface area contributed by atoms with E-state index in [2.05, 4.69) is 0 Å². The number of hydrogen-bond acceptors (Lipinski definition) is 2. The minimum atomic E-state index is -1.22. The van der Waals surface area contributed by atoms with Crippen LogP contribution in [0.15, 0.2) is 0 Å². The molecule has 0 rings (SSSR count). The third kappa shape index (κ3) is 3.29. The van der Waals surface area contributed by atoms with E-state index in [1.54, 1.807) is 0 Å². The van der Waals surface area contributed by atoms with Crippen LogP contribution in [0.3, 0.4) is 0 Å². The summed E-state index contributed by atoms with van der Waals surface area (Å²) in [6, 6.07) is -0.713. The lowest BCUT2D eigenvalue weighted by atomic mass is 10.2. The predicted octanol–water partition coefficient (Wildman–Crippen LogP) is 0.450. The number of ketones is 1. The normalized spacial score (nSPS) is 12.2. The highest BCUT2D eigenvalue weighted by atomic mass is 35.5. The Labute approximate surface area is 63.2 Å². The maximum absolute atomic E-state index is 10.6. The van der Waals surface area contributed by atoms with Gasteiger partial charge in [0.15, 0.2) is 5.78 Å². The summed E-state index contributed by atoms with van der Waals surface area (Å²) in [6.45, 7) is 1.44. The molecule has 1 amide bonds. The van der Waals surface area contributed by atoms with E-state index in [1.165, 1.54) is 6.92 Å². The van der Waals surface area contributed by atoms with Crippen LogP contribution in [0.2, 0.25) is 0 Å². The molecule has 0 bridgehead atoms. The maximum Gasteiger partial charge on any atom is 0.405 e. The lowest BCUT2D eigenvalue weighted by Crippen LogP contribution is -2.38. The molecule has 0 aromatic carbocycles. The standard InChI is InChI=1S/C5H8ClNO3/c1-3(4(8)2-6)7-5(9)10/h3,7H,2H2,1H3,(H,9,10)/t3-/m0/s1. The number of rotatable bonds is 3. The molecular formula is C5H8ClNO3.